The molecule has 0 unspecified atom stereocenters. The van der Waals surface area contributed by atoms with Crippen LogP contribution in [0.4, 0.5) is 5.82 Å². The molecule has 0 radical (unpaired) electrons. The third kappa shape index (κ3) is 6.25. The molecule has 2 aromatic heterocycles. The summed E-state index contributed by atoms with van der Waals surface area (Å²) in [7, 11) is 6.40. The zero-order valence-corrected chi connectivity index (χ0v) is 27.4. The van der Waals surface area contributed by atoms with Gasteiger partial charge in [-0.25, -0.2) is 4.68 Å². The maximum atomic E-state index is 11.5. The fourth-order valence-electron chi connectivity index (χ4n) is 5.98. The molecule has 2 aliphatic heterocycles. The van der Waals surface area contributed by atoms with Crippen LogP contribution in [0.15, 0.2) is 42.6 Å². The molecule has 1 N–H and O–H groups in total. The highest BCUT2D eigenvalue weighted by molar-refractivity contribution is 6.28. The molecule has 46 heavy (non-hydrogen) atoms. The first-order valence-corrected chi connectivity index (χ1v) is 15.2. The molecule has 0 aliphatic carbocycles. The van der Waals surface area contributed by atoms with E-state index in [9.17, 15) is 5.11 Å². The number of benzene rings is 2. The second-order valence-electron chi connectivity index (χ2n) is 11.6. The van der Waals surface area contributed by atoms with Crippen LogP contribution in [0, 0.1) is 0 Å². The number of methoxy groups -OCH3 is 4. The summed E-state index contributed by atoms with van der Waals surface area (Å²) >= 11 is 6.60. The summed E-state index contributed by atoms with van der Waals surface area (Å²) < 4.78 is 41.6. The molecule has 0 bridgehead atoms. The Hall–Kier alpha value is -3.88. The van der Waals surface area contributed by atoms with Crippen LogP contribution in [0.3, 0.4) is 0 Å². The third-order valence-electron chi connectivity index (χ3n) is 8.26. The van der Waals surface area contributed by atoms with Gasteiger partial charge in [0.15, 0.2) is 34.4 Å². The fourth-order valence-corrected chi connectivity index (χ4v) is 6.14. The molecule has 0 spiro atoms. The number of aromatic nitrogens is 4. The van der Waals surface area contributed by atoms with Crippen molar-refractivity contribution in [2.24, 2.45) is 0 Å². The Morgan fingerprint density at radius 1 is 0.913 bits per heavy atom. The molecule has 13 nitrogen and oxygen atoms in total. The molecule has 0 saturated carbocycles. The van der Waals surface area contributed by atoms with Gasteiger partial charge >= 0.3 is 0 Å². The lowest BCUT2D eigenvalue weighted by atomic mass is 9.97. The highest BCUT2D eigenvalue weighted by Gasteiger charge is 2.48. The first-order chi connectivity index (χ1) is 22.1. The van der Waals surface area contributed by atoms with E-state index in [0.29, 0.717) is 59.5 Å². The summed E-state index contributed by atoms with van der Waals surface area (Å²) in [6.07, 6.45) is -0.250. The molecular weight excluding hydrogens is 618 g/mol. The molecule has 0 amide bonds. The normalized spacial score (nSPS) is 22.3. The molecular formula is C32H38ClN5O8. The molecule has 4 aromatic rings. The minimum absolute atomic E-state index is 0.0291. The molecule has 6 rings (SSSR count). The van der Waals surface area contributed by atoms with Crippen LogP contribution in [0.1, 0.15) is 31.0 Å². The summed E-state index contributed by atoms with van der Waals surface area (Å²) in [5.74, 6) is 2.16. The monoisotopic (exact) mass is 655 g/mol. The van der Waals surface area contributed by atoms with Crippen LogP contribution in [-0.4, -0.2) is 90.6 Å². The summed E-state index contributed by atoms with van der Waals surface area (Å²) in [6, 6.07) is 10.9. The molecule has 2 aromatic carbocycles. The van der Waals surface area contributed by atoms with Crippen molar-refractivity contribution < 1.29 is 38.3 Å². The van der Waals surface area contributed by atoms with Crippen molar-refractivity contribution in [2.75, 3.05) is 46.6 Å². The van der Waals surface area contributed by atoms with Gasteiger partial charge in [0.05, 0.1) is 53.2 Å². The standard InChI is InChI=1S/C32H38ClN5O8/c1-32(2)45-17-26-28(46-32)27(39)21(16-44-26)38-30-20(13-34-38)29(35-31(33)36-30)37(14-18-7-9-22(40-3)24(11-18)42-5)15-19-8-10-23(41-4)25(12-19)43-6/h7-13,21,26-28,39H,14-17H2,1-6H3/t21-,26-,27+,28-/m1/s1. The van der Waals surface area contributed by atoms with Crippen molar-refractivity contribution in [1.82, 2.24) is 19.7 Å². The Morgan fingerprint density at radius 2 is 1.52 bits per heavy atom. The number of ether oxygens (including phenoxy) is 7. The lowest BCUT2D eigenvalue weighted by Crippen LogP contribution is -2.60. The Morgan fingerprint density at radius 3 is 2.11 bits per heavy atom. The van der Waals surface area contributed by atoms with Crippen molar-refractivity contribution in [2.45, 2.75) is 57.1 Å². The number of rotatable bonds is 10. The SMILES string of the molecule is COc1ccc(CN(Cc2ccc(OC)c(OC)c2)c2nc(Cl)nc3c2cnn3[C@@H]2CO[C@@H]3COC(C)(C)O[C@H]3[C@H]2O)cc1OC. The predicted octanol–water partition coefficient (Wildman–Crippen LogP) is 4.17. The van der Waals surface area contributed by atoms with Gasteiger partial charge in [0.25, 0.3) is 0 Å². The van der Waals surface area contributed by atoms with Crippen LogP contribution in [-0.2, 0) is 27.3 Å². The molecule has 246 valence electrons. The van der Waals surface area contributed by atoms with Gasteiger partial charge < -0.3 is 43.2 Å². The summed E-state index contributed by atoms with van der Waals surface area (Å²) in [6.45, 7) is 4.97. The minimum Gasteiger partial charge on any atom is -0.493 e. The third-order valence-corrected chi connectivity index (χ3v) is 8.43. The number of halogens is 1. The Kier molecular flexibility index (Phi) is 9.12. The van der Waals surface area contributed by atoms with Crippen LogP contribution >= 0.6 is 11.6 Å². The van der Waals surface area contributed by atoms with E-state index < -0.39 is 30.1 Å². The average molecular weight is 656 g/mol. The number of hydrogen-bond donors (Lipinski definition) is 1. The number of anilines is 1. The van der Waals surface area contributed by atoms with E-state index in [4.69, 9.17) is 44.8 Å². The zero-order valence-electron chi connectivity index (χ0n) is 26.6. The number of aliphatic hydroxyl groups excluding tert-OH is 1. The van der Waals surface area contributed by atoms with Crippen LogP contribution in [0.25, 0.3) is 11.0 Å². The van der Waals surface area contributed by atoms with Crippen LogP contribution in [0.5, 0.6) is 23.0 Å². The molecule has 2 saturated heterocycles. The fraction of sp³-hybridized carbons (Fsp3) is 0.469. The van der Waals surface area contributed by atoms with E-state index in [1.54, 1.807) is 39.3 Å². The van der Waals surface area contributed by atoms with Gasteiger partial charge in [-0.2, -0.15) is 15.1 Å². The first kappa shape index (κ1) is 32.1. The Labute approximate surface area is 271 Å². The van der Waals surface area contributed by atoms with E-state index in [1.807, 2.05) is 50.2 Å². The van der Waals surface area contributed by atoms with Crippen LogP contribution < -0.4 is 23.8 Å². The van der Waals surface area contributed by atoms with Gasteiger partial charge in [0, 0.05) is 13.1 Å². The molecule has 14 heteroatoms. The van der Waals surface area contributed by atoms with Gasteiger partial charge in [-0.15, -0.1) is 0 Å². The second-order valence-corrected chi connectivity index (χ2v) is 11.9. The number of aliphatic hydroxyl groups is 1. The molecule has 4 heterocycles. The topological polar surface area (TPSA) is 132 Å². The van der Waals surface area contributed by atoms with Gasteiger partial charge in [-0.3, -0.25) is 0 Å². The van der Waals surface area contributed by atoms with Crippen LogP contribution in [0.2, 0.25) is 5.28 Å². The van der Waals surface area contributed by atoms with E-state index in [0.717, 1.165) is 11.1 Å². The lowest BCUT2D eigenvalue weighted by Gasteiger charge is -2.47. The number of fused-ring (bicyclic) bond motifs is 2. The maximum absolute atomic E-state index is 11.5. The highest BCUT2D eigenvalue weighted by atomic mass is 35.5. The maximum Gasteiger partial charge on any atom is 0.226 e. The van der Waals surface area contributed by atoms with Crippen molar-refractivity contribution in [3.05, 3.63) is 59.0 Å². The van der Waals surface area contributed by atoms with Crippen molar-refractivity contribution in [1.29, 1.82) is 0 Å². The summed E-state index contributed by atoms with van der Waals surface area (Å²) in [5.41, 5.74) is 2.33. The van der Waals surface area contributed by atoms with Gasteiger partial charge in [-0.05, 0) is 60.8 Å². The van der Waals surface area contributed by atoms with Crippen molar-refractivity contribution in [3.8, 4) is 23.0 Å². The van der Waals surface area contributed by atoms with Crippen molar-refractivity contribution >= 4 is 28.5 Å². The largest absolute Gasteiger partial charge is 0.493 e. The van der Waals surface area contributed by atoms with E-state index in [-0.39, 0.29) is 11.9 Å². The first-order valence-electron chi connectivity index (χ1n) is 14.8. The molecule has 2 aliphatic rings. The Balaban J connectivity index is 1.40. The summed E-state index contributed by atoms with van der Waals surface area (Å²) in [5, 5.41) is 16.8. The second kappa shape index (κ2) is 13.1. The van der Waals surface area contributed by atoms with Gasteiger partial charge in [0.2, 0.25) is 5.28 Å². The molecule has 4 atom stereocenters. The molecule has 2 fully saturated rings. The van der Waals surface area contributed by atoms with E-state index in [1.165, 1.54) is 0 Å². The Bertz CT molecular complexity index is 1640. The van der Waals surface area contributed by atoms with E-state index in [2.05, 4.69) is 20.0 Å². The predicted molar refractivity (Wildman–Crippen MR) is 169 cm³/mol. The van der Waals surface area contributed by atoms with Gasteiger partial charge in [0.1, 0.15) is 30.2 Å². The highest BCUT2D eigenvalue weighted by Crippen LogP contribution is 2.37. The summed E-state index contributed by atoms with van der Waals surface area (Å²) in [4.78, 5) is 11.3. The minimum atomic E-state index is -0.933. The van der Waals surface area contributed by atoms with Gasteiger partial charge in [-0.1, -0.05) is 12.1 Å². The smallest absolute Gasteiger partial charge is 0.226 e. The number of hydrogen-bond acceptors (Lipinski definition) is 12. The average Bonchev–Trinajstić information content (AvgIpc) is 3.47. The van der Waals surface area contributed by atoms with E-state index >= 15 is 0 Å². The van der Waals surface area contributed by atoms with Crippen molar-refractivity contribution in [3.63, 3.8) is 0 Å². The lowest BCUT2D eigenvalue weighted by molar-refractivity contribution is -0.341. The zero-order chi connectivity index (χ0) is 32.6. The number of nitrogens with zero attached hydrogens (tertiary/aromatic N) is 5. The quantitative estimate of drug-likeness (QED) is 0.246.